The van der Waals surface area contributed by atoms with Gasteiger partial charge in [0.05, 0.1) is 10.5 Å². The van der Waals surface area contributed by atoms with Gasteiger partial charge >= 0.3 is 0 Å². The first-order valence-corrected chi connectivity index (χ1v) is 5.24. The first kappa shape index (κ1) is 9.68. The van der Waals surface area contributed by atoms with E-state index in [9.17, 15) is 12.8 Å². The van der Waals surface area contributed by atoms with E-state index in [-0.39, 0.29) is 10.5 Å². The lowest BCUT2D eigenvalue weighted by molar-refractivity contribution is 0.600. The van der Waals surface area contributed by atoms with Gasteiger partial charge in [0.1, 0.15) is 11.9 Å². The predicted octanol–water partition coefficient (Wildman–Crippen LogP) is 1.10. The van der Waals surface area contributed by atoms with Gasteiger partial charge in [-0.3, -0.25) is 0 Å². The molecule has 0 N–H and O–H groups in total. The molecule has 1 aromatic rings. The zero-order valence-corrected chi connectivity index (χ0v) is 7.60. The van der Waals surface area contributed by atoms with Crippen LogP contribution in [0.15, 0.2) is 23.1 Å². The lowest BCUT2D eigenvalue weighted by Crippen LogP contribution is -2.00. The molecule has 0 unspecified atom stereocenters. The van der Waals surface area contributed by atoms with E-state index < -0.39 is 15.7 Å². The number of sulfone groups is 1. The van der Waals surface area contributed by atoms with Gasteiger partial charge < -0.3 is 0 Å². The molecular formula is C8H6FNO2S. The molecule has 68 valence electrons. The molecule has 0 bridgehead atoms. The second-order valence-electron chi connectivity index (χ2n) is 2.52. The van der Waals surface area contributed by atoms with Crippen LogP contribution in [0.5, 0.6) is 0 Å². The molecule has 0 saturated heterocycles. The summed E-state index contributed by atoms with van der Waals surface area (Å²) in [5.74, 6) is -0.621. The molecule has 0 fully saturated rings. The molecular weight excluding hydrogens is 193 g/mol. The van der Waals surface area contributed by atoms with Gasteiger partial charge in [-0.2, -0.15) is 5.26 Å². The summed E-state index contributed by atoms with van der Waals surface area (Å²) in [6.45, 7) is 0. The Labute approximate surface area is 75.3 Å². The largest absolute Gasteiger partial charge is 0.224 e. The van der Waals surface area contributed by atoms with Gasteiger partial charge in [-0.05, 0) is 18.2 Å². The van der Waals surface area contributed by atoms with E-state index in [1.807, 2.05) is 0 Å². The van der Waals surface area contributed by atoms with Crippen LogP contribution >= 0.6 is 0 Å². The Kier molecular flexibility index (Phi) is 2.34. The normalized spacial score (nSPS) is 10.8. The predicted molar refractivity (Wildman–Crippen MR) is 44.2 cm³/mol. The van der Waals surface area contributed by atoms with E-state index in [1.54, 1.807) is 6.07 Å². The van der Waals surface area contributed by atoms with Gasteiger partial charge in [-0.1, -0.05) is 0 Å². The Balaban J connectivity index is 3.50. The number of hydrogen-bond donors (Lipinski definition) is 0. The van der Waals surface area contributed by atoms with E-state index in [0.717, 1.165) is 24.5 Å². The highest BCUT2D eigenvalue weighted by molar-refractivity contribution is 7.90. The van der Waals surface area contributed by atoms with E-state index in [1.165, 1.54) is 0 Å². The zero-order valence-electron chi connectivity index (χ0n) is 6.78. The fourth-order valence-electron chi connectivity index (χ4n) is 0.913. The number of rotatable bonds is 1. The van der Waals surface area contributed by atoms with Gasteiger partial charge in [-0.25, -0.2) is 12.8 Å². The summed E-state index contributed by atoms with van der Waals surface area (Å²) in [7, 11) is -3.45. The molecule has 0 aromatic heterocycles. The van der Waals surface area contributed by atoms with Crippen molar-refractivity contribution in [1.82, 2.24) is 0 Å². The molecule has 0 amide bonds. The Hall–Kier alpha value is -1.41. The van der Waals surface area contributed by atoms with E-state index >= 15 is 0 Å². The van der Waals surface area contributed by atoms with Crippen LogP contribution in [0.25, 0.3) is 0 Å². The number of benzene rings is 1. The average Bonchev–Trinajstić information content (AvgIpc) is 2.01. The maximum Gasteiger partial charge on any atom is 0.176 e. The van der Waals surface area contributed by atoms with Gasteiger partial charge in [0.2, 0.25) is 0 Å². The Morgan fingerprint density at radius 2 is 2.08 bits per heavy atom. The third kappa shape index (κ3) is 2.04. The van der Waals surface area contributed by atoms with Crippen molar-refractivity contribution in [2.75, 3.05) is 6.26 Å². The number of nitriles is 1. The Morgan fingerprint density at radius 1 is 1.46 bits per heavy atom. The lowest BCUT2D eigenvalue weighted by atomic mass is 10.2. The van der Waals surface area contributed by atoms with Gasteiger partial charge in [-0.15, -0.1) is 0 Å². The van der Waals surface area contributed by atoms with Crippen LogP contribution in [0.1, 0.15) is 5.56 Å². The SMILES string of the molecule is CS(=O)(=O)c1ccc(F)cc1C#N. The molecule has 0 aliphatic heterocycles. The standard InChI is InChI=1S/C8H6FNO2S/c1-13(11,12)8-3-2-7(9)4-6(8)5-10/h2-4H,1H3. The van der Waals surface area contributed by atoms with Crippen LogP contribution in [0.2, 0.25) is 0 Å². The van der Waals surface area contributed by atoms with Crippen LogP contribution in [-0.4, -0.2) is 14.7 Å². The van der Waals surface area contributed by atoms with Crippen molar-refractivity contribution in [3.63, 3.8) is 0 Å². The van der Waals surface area contributed by atoms with Gasteiger partial charge in [0, 0.05) is 6.26 Å². The second-order valence-corrected chi connectivity index (χ2v) is 4.51. The highest BCUT2D eigenvalue weighted by atomic mass is 32.2. The minimum atomic E-state index is -3.45. The first-order chi connectivity index (χ1) is 5.95. The smallest absolute Gasteiger partial charge is 0.176 e. The van der Waals surface area contributed by atoms with Gasteiger partial charge in [0.15, 0.2) is 9.84 Å². The summed E-state index contributed by atoms with van der Waals surface area (Å²) < 4.78 is 34.7. The summed E-state index contributed by atoms with van der Waals surface area (Å²) in [5.41, 5.74) is -0.164. The van der Waals surface area contributed by atoms with Crippen molar-refractivity contribution in [2.45, 2.75) is 4.90 Å². The van der Waals surface area contributed by atoms with Crippen molar-refractivity contribution in [1.29, 1.82) is 5.26 Å². The van der Waals surface area contributed by atoms with Crippen LogP contribution in [0.3, 0.4) is 0 Å². The fourth-order valence-corrected chi connectivity index (χ4v) is 1.73. The molecule has 0 radical (unpaired) electrons. The molecule has 0 aliphatic carbocycles. The summed E-state index contributed by atoms with van der Waals surface area (Å²) in [6.07, 6.45) is 0.973. The third-order valence-corrected chi connectivity index (χ3v) is 2.62. The summed E-state index contributed by atoms with van der Waals surface area (Å²) in [4.78, 5) is -0.142. The topological polar surface area (TPSA) is 57.9 Å². The minimum absolute atomic E-state index is 0.142. The minimum Gasteiger partial charge on any atom is -0.224 e. The molecule has 0 heterocycles. The van der Waals surface area contributed by atoms with E-state index in [0.29, 0.717) is 0 Å². The third-order valence-electron chi connectivity index (χ3n) is 1.46. The van der Waals surface area contributed by atoms with Crippen molar-refractivity contribution in [3.8, 4) is 6.07 Å². The van der Waals surface area contributed by atoms with Crippen molar-refractivity contribution >= 4 is 9.84 Å². The van der Waals surface area contributed by atoms with Crippen molar-refractivity contribution in [3.05, 3.63) is 29.6 Å². The summed E-state index contributed by atoms with van der Waals surface area (Å²) >= 11 is 0. The van der Waals surface area contributed by atoms with Crippen LogP contribution < -0.4 is 0 Å². The monoisotopic (exact) mass is 199 g/mol. The molecule has 1 aromatic carbocycles. The van der Waals surface area contributed by atoms with Crippen LogP contribution in [0.4, 0.5) is 4.39 Å². The molecule has 5 heteroatoms. The van der Waals surface area contributed by atoms with Gasteiger partial charge in [0.25, 0.3) is 0 Å². The second kappa shape index (κ2) is 3.15. The van der Waals surface area contributed by atoms with E-state index in [2.05, 4.69) is 0 Å². The lowest BCUT2D eigenvalue weighted by Gasteiger charge is -1.99. The Morgan fingerprint density at radius 3 is 2.54 bits per heavy atom. The zero-order chi connectivity index (χ0) is 10.1. The number of nitrogens with zero attached hydrogens (tertiary/aromatic N) is 1. The first-order valence-electron chi connectivity index (χ1n) is 3.35. The fraction of sp³-hybridized carbons (Fsp3) is 0.125. The summed E-state index contributed by atoms with van der Waals surface area (Å²) in [5, 5.41) is 8.53. The molecule has 0 atom stereocenters. The average molecular weight is 199 g/mol. The van der Waals surface area contributed by atoms with Crippen molar-refractivity contribution in [2.24, 2.45) is 0 Å². The van der Waals surface area contributed by atoms with Crippen molar-refractivity contribution < 1.29 is 12.8 Å². The molecule has 13 heavy (non-hydrogen) atoms. The maximum atomic E-state index is 12.6. The molecule has 0 aliphatic rings. The number of halogens is 1. The Bertz CT molecular complexity index is 473. The quantitative estimate of drug-likeness (QED) is 0.636. The summed E-state index contributed by atoms with van der Waals surface area (Å²) in [6, 6.07) is 4.62. The van der Waals surface area contributed by atoms with E-state index in [4.69, 9.17) is 5.26 Å². The molecule has 3 nitrogen and oxygen atoms in total. The number of hydrogen-bond acceptors (Lipinski definition) is 3. The highest BCUT2D eigenvalue weighted by Crippen LogP contribution is 2.15. The highest BCUT2D eigenvalue weighted by Gasteiger charge is 2.13. The molecule has 0 spiro atoms. The molecule has 1 rings (SSSR count). The van der Waals surface area contributed by atoms with Crippen LogP contribution in [-0.2, 0) is 9.84 Å². The maximum absolute atomic E-state index is 12.6. The molecule has 0 saturated carbocycles. The van der Waals surface area contributed by atoms with Crippen LogP contribution in [0, 0.1) is 17.1 Å².